The molecule has 6 nitrogen and oxygen atoms in total. The van der Waals surface area contributed by atoms with Crippen molar-refractivity contribution in [1.82, 2.24) is 19.5 Å². The Hall–Kier alpha value is -2.88. The van der Waals surface area contributed by atoms with Crippen LogP contribution in [0.2, 0.25) is 5.28 Å². The second-order valence-electron chi connectivity index (χ2n) is 5.67. The molecule has 0 N–H and O–H groups in total. The van der Waals surface area contributed by atoms with Crippen molar-refractivity contribution in [2.75, 3.05) is 7.11 Å². The first kappa shape index (κ1) is 19.9. The van der Waals surface area contributed by atoms with E-state index in [1.54, 1.807) is 0 Å². The summed E-state index contributed by atoms with van der Waals surface area (Å²) in [4.78, 5) is 11.1. The van der Waals surface area contributed by atoms with E-state index < -0.39 is 17.7 Å². The summed E-state index contributed by atoms with van der Waals surface area (Å²) in [5.74, 6) is -0.435. The summed E-state index contributed by atoms with van der Waals surface area (Å²) < 4.78 is 64.5. The molecule has 2 heterocycles. The van der Waals surface area contributed by atoms with Gasteiger partial charge in [0.05, 0.1) is 13.3 Å². The normalized spacial score (nSPS) is 11.5. The number of aryl methyl sites for hydroxylation is 1. The van der Waals surface area contributed by atoms with Gasteiger partial charge < -0.3 is 14.0 Å². The summed E-state index contributed by atoms with van der Waals surface area (Å²) in [6.45, 7) is -0.204. The number of imidazole rings is 1. The van der Waals surface area contributed by atoms with E-state index in [9.17, 15) is 17.6 Å². The van der Waals surface area contributed by atoms with Crippen LogP contribution in [-0.2, 0) is 19.8 Å². The van der Waals surface area contributed by atoms with Crippen molar-refractivity contribution < 1.29 is 27.0 Å². The van der Waals surface area contributed by atoms with Crippen LogP contribution in [0, 0.1) is 5.82 Å². The molecule has 0 radical (unpaired) electrons. The molecule has 11 heteroatoms. The molecule has 0 aliphatic carbocycles. The van der Waals surface area contributed by atoms with Crippen molar-refractivity contribution in [2.24, 2.45) is 7.05 Å². The van der Waals surface area contributed by atoms with Gasteiger partial charge in [0.1, 0.15) is 18.2 Å². The van der Waals surface area contributed by atoms with Crippen molar-refractivity contribution in [2.45, 2.75) is 12.8 Å². The molecule has 0 saturated heterocycles. The summed E-state index contributed by atoms with van der Waals surface area (Å²) in [7, 11) is 2.79. The van der Waals surface area contributed by atoms with Crippen LogP contribution < -0.4 is 9.47 Å². The summed E-state index contributed by atoms with van der Waals surface area (Å²) in [6, 6.07) is 3.93. The second kappa shape index (κ2) is 7.63. The minimum Gasteiger partial charge on any atom is -0.490 e. The first-order valence-corrected chi connectivity index (χ1v) is 8.15. The minimum atomic E-state index is -4.58. The molecule has 3 rings (SSSR count). The number of halogens is 5. The maximum Gasteiger partial charge on any atom is 0.434 e. The Balaban J connectivity index is 1.82. The zero-order chi connectivity index (χ0) is 20.5. The van der Waals surface area contributed by atoms with Gasteiger partial charge in [0.25, 0.3) is 5.88 Å². The third-order valence-corrected chi connectivity index (χ3v) is 3.94. The number of alkyl halides is 3. The molecule has 0 atom stereocenters. The molecule has 28 heavy (non-hydrogen) atoms. The number of nitrogens with zero attached hydrogens (tertiary/aromatic N) is 4. The number of aromatic nitrogens is 4. The van der Waals surface area contributed by atoms with E-state index >= 15 is 0 Å². The fourth-order valence-electron chi connectivity index (χ4n) is 2.40. The zero-order valence-corrected chi connectivity index (χ0v) is 15.3. The molecular formula is C17H13ClF4N4O2. The van der Waals surface area contributed by atoms with E-state index in [0.717, 1.165) is 12.3 Å². The van der Waals surface area contributed by atoms with Crippen molar-refractivity contribution in [1.29, 1.82) is 0 Å². The van der Waals surface area contributed by atoms with Crippen LogP contribution in [0.25, 0.3) is 11.4 Å². The third-order valence-electron chi connectivity index (χ3n) is 3.76. The molecule has 2 aromatic heterocycles. The van der Waals surface area contributed by atoms with Gasteiger partial charge in [0.15, 0.2) is 11.4 Å². The van der Waals surface area contributed by atoms with Gasteiger partial charge in [0.2, 0.25) is 5.28 Å². The number of hydrogen-bond donors (Lipinski definition) is 0. The minimum absolute atomic E-state index is 0.0112. The monoisotopic (exact) mass is 416 g/mol. The molecule has 0 unspecified atom stereocenters. The number of ether oxygens (including phenoxy) is 2. The van der Waals surface area contributed by atoms with Gasteiger partial charge in [-0.1, -0.05) is 12.1 Å². The van der Waals surface area contributed by atoms with Crippen molar-refractivity contribution in [3.63, 3.8) is 0 Å². The molecular weight excluding hydrogens is 404 g/mol. The van der Waals surface area contributed by atoms with E-state index in [4.69, 9.17) is 21.1 Å². The van der Waals surface area contributed by atoms with E-state index in [2.05, 4.69) is 15.0 Å². The Kier molecular flexibility index (Phi) is 5.41. The topological polar surface area (TPSA) is 62.1 Å². The van der Waals surface area contributed by atoms with E-state index in [1.807, 2.05) is 0 Å². The maximum atomic E-state index is 14.4. The summed E-state index contributed by atoms with van der Waals surface area (Å²) >= 11 is 5.70. The van der Waals surface area contributed by atoms with Crippen LogP contribution >= 0.6 is 11.6 Å². The summed E-state index contributed by atoms with van der Waals surface area (Å²) in [5.41, 5.74) is -0.696. The van der Waals surface area contributed by atoms with Crippen molar-refractivity contribution in [3.05, 3.63) is 53.0 Å². The highest BCUT2D eigenvalue weighted by Crippen LogP contribution is 2.31. The number of rotatable bonds is 5. The standard InChI is InChI=1S/C17H13ClF4N4O2/c1-26-7-13(17(20,21)22)24-14(26)9-3-4-10(11(19)5-9)8-28-15-12(27-2)6-23-16(18)25-15/h3-7H,8H2,1-2H3. The van der Waals surface area contributed by atoms with E-state index in [-0.39, 0.29) is 40.5 Å². The number of methoxy groups -OCH3 is 1. The van der Waals surface area contributed by atoms with Gasteiger partial charge >= 0.3 is 6.18 Å². The molecule has 0 saturated carbocycles. The third kappa shape index (κ3) is 4.16. The van der Waals surface area contributed by atoms with Gasteiger partial charge in [0, 0.05) is 24.4 Å². The average molecular weight is 417 g/mol. The lowest BCUT2D eigenvalue weighted by molar-refractivity contribution is -0.140. The summed E-state index contributed by atoms with van der Waals surface area (Å²) in [6.07, 6.45) is -2.43. The Labute approximate surface area is 161 Å². The number of hydrogen-bond acceptors (Lipinski definition) is 5. The molecule has 0 bridgehead atoms. The highest BCUT2D eigenvalue weighted by molar-refractivity contribution is 6.28. The van der Waals surface area contributed by atoms with Crippen molar-refractivity contribution >= 4 is 11.6 Å². The van der Waals surface area contributed by atoms with Gasteiger partial charge in [-0.25, -0.2) is 14.4 Å². The fourth-order valence-corrected chi connectivity index (χ4v) is 2.52. The van der Waals surface area contributed by atoms with Crippen LogP contribution in [0.3, 0.4) is 0 Å². The van der Waals surface area contributed by atoms with E-state index in [1.165, 1.54) is 37.1 Å². The molecule has 0 aliphatic heterocycles. The van der Waals surface area contributed by atoms with Gasteiger partial charge in [-0.15, -0.1) is 0 Å². The average Bonchev–Trinajstić information content (AvgIpc) is 3.03. The summed E-state index contributed by atoms with van der Waals surface area (Å²) in [5, 5.41) is -0.0677. The Morgan fingerprint density at radius 2 is 1.96 bits per heavy atom. The molecule has 0 amide bonds. The van der Waals surface area contributed by atoms with Gasteiger partial charge in [-0.2, -0.15) is 18.2 Å². The second-order valence-corrected chi connectivity index (χ2v) is 6.00. The molecule has 1 aromatic carbocycles. The lowest BCUT2D eigenvalue weighted by Gasteiger charge is -2.10. The Morgan fingerprint density at radius 1 is 1.21 bits per heavy atom. The lowest BCUT2D eigenvalue weighted by atomic mass is 10.1. The van der Waals surface area contributed by atoms with Crippen LogP contribution in [0.1, 0.15) is 11.3 Å². The Morgan fingerprint density at radius 3 is 2.57 bits per heavy atom. The van der Waals surface area contributed by atoms with E-state index in [0.29, 0.717) is 0 Å². The largest absolute Gasteiger partial charge is 0.490 e. The first-order chi connectivity index (χ1) is 13.2. The predicted octanol–water partition coefficient (Wildman–Crippen LogP) is 4.28. The molecule has 3 aromatic rings. The maximum absolute atomic E-state index is 14.4. The molecule has 148 valence electrons. The van der Waals surface area contributed by atoms with Crippen molar-refractivity contribution in [3.8, 4) is 23.0 Å². The fraction of sp³-hybridized carbons (Fsp3) is 0.235. The van der Waals surface area contributed by atoms with Crippen LogP contribution in [-0.4, -0.2) is 26.6 Å². The molecule has 0 spiro atoms. The van der Waals surface area contributed by atoms with Crippen LogP contribution in [0.4, 0.5) is 17.6 Å². The molecule has 0 fully saturated rings. The van der Waals surface area contributed by atoms with Crippen LogP contribution in [0.15, 0.2) is 30.6 Å². The number of benzene rings is 1. The highest BCUT2D eigenvalue weighted by atomic mass is 35.5. The first-order valence-electron chi connectivity index (χ1n) is 7.77. The highest BCUT2D eigenvalue weighted by Gasteiger charge is 2.34. The zero-order valence-electron chi connectivity index (χ0n) is 14.6. The smallest absolute Gasteiger partial charge is 0.434 e. The van der Waals surface area contributed by atoms with Gasteiger partial charge in [-0.05, 0) is 17.7 Å². The van der Waals surface area contributed by atoms with Gasteiger partial charge in [-0.3, -0.25) is 0 Å². The Bertz CT molecular complexity index is 1010. The van der Waals surface area contributed by atoms with Crippen LogP contribution in [0.5, 0.6) is 11.6 Å². The lowest BCUT2D eigenvalue weighted by Crippen LogP contribution is -2.05. The molecule has 0 aliphatic rings. The predicted molar refractivity (Wildman–Crippen MR) is 91.5 cm³/mol. The SMILES string of the molecule is COc1cnc(Cl)nc1OCc1ccc(-c2nc(C(F)(F)F)cn2C)cc1F. The quantitative estimate of drug-likeness (QED) is 0.459.